The van der Waals surface area contributed by atoms with Crippen LogP contribution in [0.1, 0.15) is 43.1 Å². The largest absolute Gasteiger partial charge is 0.418 e. The zero-order chi connectivity index (χ0) is 22.5. The lowest BCUT2D eigenvalue weighted by atomic mass is 10.0. The van der Waals surface area contributed by atoms with Crippen molar-refractivity contribution in [3.8, 4) is 0 Å². The van der Waals surface area contributed by atoms with Gasteiger partial charge in [-0.15, -0.1) is 0 Å². The fourth-order valence-electron chi connectivity index (χ4n) is 2.49. The van der Waals surface area contributed by atoms with Crippen molar-refractivity contribution < 1.29 is 22.8 Å². The molecule has 0 aromatic heterocycles. The Morgan fingerprint density at radius 1 is 1.07 bits per heavy atom. The Bertz CT molecular complexity index is 930. The van der Waals surface area contributed by atoms with E-state index in [1.807, 2.05) is 20.8 Å². The topological polar surface area (TPSA) is 70.2 Å². The molecule has 0 aliphatic carbocycles. The second-order valence-electron chi connectivity index (χ2n) is 7.33. The zero-order valence-corrected chi connectivity index (χ0v) is 17.5. The molecular formula is C21H23ClF3N3O2. The van der Waals surface area contributed by atoms with E-state index in [-0.39, 0.29) is 34.3 Å². The Morgan fingerprint density at radius 3 is 2.33 bits per heavy atom. The summed E-state index contributed by atoms with van der Waals surface area (Å²) < 4.78 is 39.0. The van der Waals surface area contributed by atoms with Crippen LogP contribution in [0, 0.1) is 0 Å². The second kappa shape index (κ2) is 9.38. The number of anilines is 2. The SMILES string of the molecule is CCC(C)(C)NC(=O)c1ccc(NCC(=O)Nc2ccccc2C(F)(F)F)cc1Cl. The summed E-state index contributed by atoms with van der Waals surface area (Å²) in [6, 6.07) is 9.29. The number of hydrogen-bond donors (Lipinski definition) is 3. The van der Waals surface area contributed by atoms with E-state index in [4.69, 9.17) is 11.6 Å². The first-order valence-electron chi connectivity index (χ1n) is 9.25. The van der Waals surface area contributed by atoms with Crippen LogP contribution in [0.15, 0.2) is 42.5 Å². The number of hydrogen-bond acceptors (Lipinski definition) is 3. The van der Waals surface area contributed by atoms with Crippen LogP contribution in [-0.2, 0) is 11.0 Å². The average molecular weight is 442 g/mol. The minimum Gasteiger partial charge on any atom is -0.376 e. The standard InChI is InChI=1S/C21H23ClF3N3O2/c1-4-20(2,3)28-19(30)14-10-9-13(11-16(14)22)26-12-18(29)27-17-8-6-5-7-15(17)21(23,24)25/h5-11,26H,4,12H2,1-3H3,(H,27,29)(H,28,30). The van der Waals surface area contributed by atoms with Gasteiger partial charge in [0.15, 0.2) is 0 Å². The van der Waals surface area contributed by atoms with Gasteiger partial charge in [0, 0.05) is 11.2 Å². The summed E-state index contributed by atoms with van der Waals surface area (Å²) in [5.74, 6) is -0.978. The Morgan fingerprint density at radius 2 is 1.73 bits per heavy atom. The van der Waals surface area contributed by atoms with Crippen molar-refractivity contribution in [2.24, 2.45) is 0 Å². The molecule has 0 spiro atoms. The minimum atomic E-state index is -4.58. The van der Waals surface area contributed by atoms with E-state index in [0.29, 0.717) is 5.69 Å². The van der Waals surface area contributed by atoms with E-state index in [0.717, 1.165) is 12.5 Å². The Kier molecular flexibility index (Phi) is 7.36. The van der Waals surface area contributed by atoms with Gasteiger partial charge in [-0.05, 0) is 50.6 Å². The van der Waals surface area contributed by atoms with Crippen molar-refractivity contribution in [3.63, 3.8) is 0 Å². The molecule has 2 amide bonds. The molecule has 2 aromatic carbocycles. The molecule has 0 atom stereocenters. The third-order valence-corrected chi connectivity index (χ3v) is 4.82. The van der Waals surface area contributed by atoms with Gasteiger partial charge in [-0.1, -0.05) is 30.7 Å². The van der Waals surface area contributed by atoms with Crippen LogP contribution in [0.2, 0.25) is 5.02 Å². The first-order chi connectivity index (χ1) is 13.9. The van der Waals surface area contributed by atoms with Crippen LogP contribution in [0.25, 0.3) is 0 Å². The fourth-order valence-corrected chi connectivity index (χ4v) is 2.75. The minimum absolute atomic E-state index is 0.187. The summed E-state index contributed by atoms with van der Waals surface area (Å²) in [5, 5.41) is 8.09. The molecule has 0 aliphatic rings. The number of amides is 2. The van der Waals surface area contributed by atoms with Crippen molar-refractivity contribution in [2.45, 2.75) is 38.9 Å². The summed E-state index contributed by atoms with van der Waals surface area (Å²) in [4.78, 5) is 24.4. The number of halogens is 4. The highest BCUT2D eigenvalue weighted by molar-refractivity contribution is 6.34. The van der Waals surface area contributed by atoms with Gasteiger partial charge in [-0.25, -0.2) is 0 Å². The van der Waals surface area contributed by atoms with Gasteiger partial charge in [0.25, 0.3) is 5.91 Å². The van der Waals surface area contributed by atoms with Crippen LogP contribution in [-0.4, -0.2) is 23.9 Å². The number of para-hydroxylation sites is 1. The molecule has 0 bridgehead atoms. The highest BCUT2D eigenvalue weighted by Gasteiger charge is 2.33. The molecule has 2 aromatic rings. The van der Waals surface area contributed by atoms with E-state index in [1.165, 1.54) is 30.3 Å². The molecule has 30 heavy (non-hydrogen) atoms. The van der Waals surface area contributed by atoms with Gasteiger partial charge in [0.2, 0.25) is 5.91 Å². The molecule has 0 saturated carbocycles. The Labute approximate surface area is 178 Å². The number of benzene rings is 2. The molecule has 162 valence electrons. The summed E-state index contributed by atoms with van der Waals surface area (Å²) >= 11 is 6.19. The lowest BCUT2D eigenvalue weighted by Crippen LogP contribution is -2.42. The number of nitrogens with one attached hydrogen (secondary N) is 3. The van der Waals surface area contributed by atoms with Crippen LogP contribution >= 0.6 is 11.6 Å². The predicted octanol–water partition coefficient (Wildman–Crippen LogP) is 5.33. The fraction of sp³-hybridized carbons (Fsp3) is 0.333. The van der Waals surface area contributed by atoms with Gasteiger partial charge >= 0.3 is 6.18 Å². The highest BCUT2D eigenvalue weighted by Crippen LogP contribution is 2.34. The summed E-state index contributed by atoms with van der Waals surface area (Å²) in [5.41, 5.74) is -0.896. The number of carbonyl (C=O) groups excluding carboxylic acids is 2. The molecule has 0 heterocycles. The molecule has 0 unspecified atom stereocenters. The summed E-state index contributed by atoms with van der Waals surface area (Å²) in [6.45, 7) is 5.46. The lowest BCUT2D eigenvalue weighted by molar-refractivity contribution is -0.137. The normalized spacial score (nSPS) is 11.7. The van der Waals surface area contributed by atoms with Gasteiger partial charge in [-0.3, -0.25) is 9.59 Å². The quantitative estimate of drug-likeness (QED) is 0.544. The van der Waals surface area contributed by atoms with Crippen molar-refractivity contribution in [1.29, 1.82) is 0 Å². The predicted molar refractivity (Wildman–Crippen MR) is 112 cm³/mol. The zero-order valence-electron chi connectivity index (χ0n) is 16.8. The monoisotopic (exact) mass is 441 g/mol. The Balaban J connectivity index is 2.01. The van der Waals surface area contributed by atoms with E-state index >= 15 is 0 Å². The second-order valence-corrected chi connectivity index (χ2v) is 7.74. The molecule has 9 heteroatoms. The maximum Gasteiger partial charge on any atom is 0.418 e. The van der Waals surface area contributed by atoms with Crippen molar-refractivity contribution in [2.75, 3.05) is 17.2 Å². The smallest absolute Gasteiger partial charge is 0.376 e. The molecule has 0 saturated heterocycles. The summed E-state index contributed by atoms with van der Waals surface area (Å²) in [6.07, 6.45) is -3.84. The maximum atomic E-state index is 13.0. The van der Waals surface area contributed by atoms with Gasteiger partial charge in [0.05, 0.1) is 28.4 Å². The van der Waals surface area contributed by atoms with Gasteiger partial charge < -0.3 is 16.0 Å². The van der Waals surface area contributed by atoms with Crippen LogP contribution in [0.3, 0.4) is 0 Å². The van der Waals surface area contributed by atoms with E-state index in [2.05, 4.69) is 16.0 Å². The molecule has 3 N–H and O–H groups in total. The highest BCUT2D eigenvalue weighted by atomic mass is 35.5. The third kappa shape index (κ3) is 6.38. The number of carbonyl (C=O) groups is 2. The van der Waals surface area contributed by atoms with Crippen molar-refractivity contribution >= 4 is 34.8 Å². The van der Waals surface area contributed by atoms with Gasteiger partial charge in [-0.2, -0.15) is 13.2 Å². The van der Waals surface area contributed by atoms with Gasteiger partial charge in [0.1, 0.15) is 0 Å². The van der Waals surface area contributed by atoms with Crippen molar-refractivity contribution in [1.82, 2.24) is 5.32 Å². The average Bonchev–Trinajstić information content (AvgIpc) is 2.65. The van der Waals surface area contributed by atoms with Crippen LogP contribution in [0.4, 0.5) is 24.5 Å². The third-order valence-electron chi connectivity index (χ3n) is 4.51. The number of alkyl halides is 3. The lowest BCUT2D eigenvalue weighted by Gasteiger charge is -2.24. The Hall–Kier alpha value is -2.74. The molecular weight excluding hydrogens is 419 g/mol. The summed E-state index contributed by atoms with van der Waals surface area (Å²) in [7, 11) is 0. The molecule has 0 fully saturated rings. The van der Waals surface area contributed by atoms with Crippen molar-refractivity contribution in [3.05, 3.63) is 58.6 Å². The van der Waals surface area contributed by atoms with E-state index in [1.54, 1.807) is 6.07 Å². The maximum absolute atomic E-state index is 13.0. The van der Waals surface area contributed by atoms with Crippen LogP contribution < -0.4 is 16.0 Å². The molecule has 0 aliphatic heterocycles. The van der Waals surface area contributed by atoms with E-state index < -0.39 is 17.6 Å². The van der Waals surface area contributed by atoms with Crippen LogP contribution in [0.5, 0.6) is 0 Å². The van der Waals surface area contributed by atoms with E-state index in [9.17, 15) is 22.8 Å². The molecule has 0 radical (unpaired) electrons. The molecule has 5 nitrogen and oxygen atoms in total. The molecule has 2 rings (SSSR count). The number of rotatable bonds is 7. The first-order valence-corrected chi connectivity index (χ1v) is 9.63. The first kappa shape index (κ1) is 23.5.